The second-order valence-electron chi connectivity index (χ2n) is 6.76. The van der Waals surface area contributed by atoms with Crippen LogP contribution in [0.5, 0.6) is 0 Å². The van der Waals surface area contributed by atoms with Gasteiger partial charge in [-0.2, -0.15) is 0 Å². The Kier molecular flexibility index (Phi) is 3.66. The maximum Gasteiger partial charge on any atom is 0.0108 e. The molecule has 2 aliphatic carbocycles. The lowest BCUT2D eigenvalue weighted by Gasteiger charge is -2.21. The van der Waals surface area contributed by atoms with Crippen LogP contribution in [0.15, 0.2) is 24.3 Å². The van der Waals surface area contributed by atoms with Gasteiger partial charge < -0.3 is 5.73 Å². The van der Waals surface area contributed by atoms with Crippen LogP contribution >= 0.6 is 0 Å². The molecule has 1 unspecified atom stereocenters. The van der Waals surface area contributed by atoms with Gasteiger partial charge >= 0.3 is 0 Å². The number of nitrogens with two attached hydrogens (primary N) is 1. The highest BCUT2D eigenvalue weighted by Gasteiger charge is 2.47. The summed E-state index contributed by atoms with van der Waals surface area (Å²) >= 11 is 0. The molecule has 1 aromatic carbocycles. The Morgan fingerprint density at radius 2 is 1.58 bits per heavy atom. The van der Waals surface area contributed by atoms with Gasteiger partial charge in [-0.15, -0.1) is 0 Å². The topological polar surface area (TPSA) is 26.0 Å². The van der Waals surface area contributed by atoms with Crippen molar-refractivity contribution in [1.29, 1.82) is 0 Å². The molecule has 0 aromatic heterocycles. The summed E-state index contributed by atoms with van der Waals surface area (Å²) in [4.78, 5) is 0. The highest BCUT2D eigenvalue weighted by atomic mass is 14.7. The zero-order valence-electron chi connectivity index (χ0n) is 12.2. The van der Waals surface area contributed by atoms with E-state index in [4.69, 9.17) is 5.73 Å². The fraction of sp³-hybridized carbons (Fsp3) is 0.667. The Morgan fingerprint density at radius 3 is 2.05 bits per heavy atom. The van der Waals surface area contributed by atoms with Gasteiger partial charge in [0.15, 0.2) is 0 Å². The van der Waals surface area contributed by atoms with Crippen molar-refractivity contribution in [3.05, 3.63) is 35.4 Å². The Hall–Kier alpha value is -0.820. The number of hydrogen-bond donors (Lipinski definition) is 1. The van der Waals surface area contributed by atoms with E-state index in [1.807, 2.05) is 0 Å². The summed E-state index contributed by atoms with van der Waals surface area (Å²) in [5.74, 6) is 0.807. The van der Waals surface area contributed by atoms with Gasteiger partial charge in [-0.05, 0) is 49.7 Å². The average Bonchev–Trinajstić information content (AvgIpc) is 3.24. The van der Waals surface area contributed by atoms with Gasteiger partial charge in [0.1, 0.15) is 0 Å². The van der Waals surface area contributed by atoms with E-state index in [9.17, 15) is 0 Å². The molecular weight excluding hydrogens is 230 g/mol. The summed E-state index contributed by atoms with van der Waals surface area (Å²) in [6.07, 6.45) is 11.0. The summed E-state index contributed by atoms with van der Waals surface area (Å²) in [6.45, 7) is 2.16. The minimum Gasteiger partial charge on any atom is -0.327 e. The van der Waals surface area contributed by atoms with Crippen LogP contribution in [0, 0.1) is 0 Å². The fourth-order valence-electron chi connectivity index (χ4n) is 3.84. The first-order valence-corrected chi connectivity index (χ1v) is 8.08. The number of benzene rings is 1. The van der Waals surface area contributed by atoms with Gasteiger partial charge in [0, 0.05) is 11.5 Å². The molecule has 104 valence electrons. The van der Waals surface area contributed by atoms with Crippen molar-refractivity contribution in [1.82, 2.24) is 0 Å². The quantitative estimate of drug-likeness (QED) is 0.793. The lowest BCUT2D eigenvalue weighted by molar-refractivity contribution is 0.554. The Morgan fingerprint density at radius 1 is 1.00 bits per heavy atom. The molecule has 1 atom stereocenters. The van der Waals surface area contributed by atoms with Crippen molar-refractivity contribution in [2.45, 2.75) is 75.7 Å². The molecule has 0 heterocycles. The molecule has 0 spiro atoms. The van der Waals surface area contributed by atoms with Gasteiger partial charge in [0.25, 0.3) is 0 Å². The molecule has 2 N–H and O–H groups in total. The van der Waals surface area contributed by atoms with E-state index in [0.717, 1.165) is 5.92 Å². The summed E-state index contributed by atoms with van der Waals surface area (Å²) < 4.78 is 0. The highest BCUT2D eigenvalue weighted by molar-refractivity contribution is 5.36. The third-order valence-corrected chi connectivity index (χ3v) is 5.47. The van der Waals surface area contributed by atoms with Gasteiger partial charge in [-0.1, -0.05) is 49.9 Å². The Bertz CT molecular complexity index is 406. The molecule has 0 bridgehead atoms. The normalized spacial score (nSPS) is 24.7. The summed E-state index contributed by atoms with van der Waals surface area (Å²) in [6, 6.07) is 9.77. The standard InChI is InChI=1S/C18H27N/c1-14(19)18(12-13-18)17-10-8-16(9-11-17)15-6-4-2-3-5-7-15/h8-11,14-15H,2-7,12-13,19H2,1H3. The molecule has 19 heavy (non-hydrogen) atoms. The second-order valence-corrected chi connectivity index (χ2v) is 6.76. The van der Waals surface area contributed by atoms with Crippen LogP contribution in [0.2, 0.25) is 0 Å². The molecule has 2 saturated carbocycles. The summed E-state index contributed by atoms with van der Waals surface area (Å²) in [7, 11) is 0. The SMILES string of the molecule is CC(N)C1(c2ccc(C3CCCCCC3)cc2)CC1. The van der Waals surface area contributed by atoms with Crippen LogP contribution in [-0.2, 0) is 5.41 Å². The maximum absolute atomic E-state index is 6.17. The first-order valence-electron chi connectivity index (χ1n) is 8.08. The fourth-order valence-corrected chi connectivity index (χ4v) is 3.84. The molecule has 0 amide bonds. The first-order chi connectivity index (χ1) is 9.22. The van der Waals surface area contributed by atoms with Crippen molar-refractivity contribution in [2.24, 2.45) is 5.73 Å². The third kappa shape index (κ3) is 2.58. The third-order valence-electron chi connectivity index (χ3n) is 5.47. The van der Waals surface area contributed by atoms with Crippen molar-refractivity contribution in [3.63, 3.8) is 0 Å². The van der Waals surface area contributed by atoms with Crippen LogP contribution in [0.4, 0.5) is 0 Å². The lowest BCUT2D eigenvalue weighted by Crippen LogP contribution is -2.31. The van der Waals surface area contributed by atoms with E-state index in [1.165, 1.54) is 56.9 Å². The van der Waals surface area contributed by atoms with Crippen molar-refractivity contribution in [3.8, 4) is 0 Å². The van der Waals surface area contributed by atoms with Gasteiger partial charge in [0.05, 0.1) is 0 Å². The van der Waals surface area contributed by atoms with E-state index in [1.54, 1.807) is 5.56 Å². The maximum atomic E-state index is 6.17. The minimum atomic E-state index is 0.288. The van der Waals surface area contributed by atoms with E-state index in [2.05, 4.69) is 31.2 Å². The molecule has 3 rings (SSSR count). The zero-order chi connectivity index (χ0) is 13.3. The van der Waals surface area contributed by atoms with Crippen LogP contribution in [0.3, 0.4) is 0 Å². The molecule has 0 saturated heterocycles. The monoisotopic (exact) mass is 257 g/mol. The molecule has 1 heteroatoms. The highest BCUT2D eigenvalue weighted by Crippen LogP contribution is 2.50. The van der Waals surface area contributed by atoms with Crippen LogP contribution in [0.1, 0.15) is 75.3 Å². The van der Waals surface area contributed by atoms with Crippen LogP contribution in [0.25, 0.3) is 0 Å². The molecule has 0 radical (unpaired) electrons. The van der Waals surface area contributed by atoms with Gasteiger partial charge in [-0.25, -0.2) is 0 Å². The molecule has 1 nitrogen and oxygen atoms in total. The summed E-state index contributed by atoms with van der Waals surface area (Å²) in [5, 5.41) is 0. The largest absolute Gasteiger partial charge is 0.327 e. The predicted molar refractivity (Wildman–Crippen MR) is 81.4 cm³/mol. The van der Waals surface area contributed by atoms with Gasteiger partial charge in [0.2, 0.25) is 0 Å². The first kappa shape index (κ1) is 13.2. The van der Waals surface area contributed by atoms with E-state index < -0.39 is 0 Å². The van der Waals surface area contributed by atoms with Crippen molar-refractivity contribution < 1.29 is 0 Å². The Balaban J connectivity index is 1.75. The molecule has 2 aliphatic rings. The van der Waals surface area contributed by atoms with Crippen LogP contribution in [-0.4, -0.2) is 6.04 Å². The molecular formula is C18H27N. The predicted octanol–water partition coefficient (Wildman–Crippen LogP) is 4.50. The average molecular weight is 257 g/mol. The van der Waals surface area contributed by atoms with E-state index in [0.29, 0.717) is 5.41 Å². The Labute approximate surface area is 117 Å². The van der Waals surface area contributed by atoms with Crippen molar-refractivity contribution in [2.75, 3.05) is 0 Å². The molecule has 2 fully saturated rings. The summed E-state index contributed by atoms with van der Waals surface area (Å²) in [5.41, 5.74) is 9.51. The van der Waals surface area contributed by atoms with E-state index in [-0.39, 0.29) is 6.04 Å². The zero-order valence-corrected chi connectivity index (χ0v) is 12.2. The van der Waals surface area contributed by atoms with Gasteiger partial charge in [-0.3, -0.25) is 0 Å². The van der Waals surface area contributed by atoms with Crippen LogP contribution < -0.4 is 5.73 Å². The van der Waals surface area contributed by atoms with Crippen molar-refractivity contribution >= 4 is 0 Å². The molecule has 1 aromatic rings. The lowest BCUT2D eigenvalue weighted by atomic mass is 9.86. The molecule has 0 aliphatic heterocycles. The number of hydrogen-bond acceptors (Lipinski definition) is 1. The second kappa shape index (κ2) is 5.28. The van der Waals surface area contributed by atoms with E-state index >= 15 is 0 Å². The minimum absolute atomic E-state index is 0.288. The number of rotatable bonds is 3. The smallest absolute Gasteiger partial charge is 0.0108 e.